The van der Waals surface area contributed by atoms with Gasteiger partial charge in [-0.15, -0.1) is 0 Å². The van der Waals surface area contributed by atoms with E-state index in [1.54, 1.807) is 18.3 Å². The van der Waals surface area contributed by atoms with E-state index in [0.29, 0.717) is 24.2 Å². The lowest BCUT2D eigenvalue weighted by molar-refractivity contribution is -0.142. The van der Waals surface area contributed by atoms with Crippen LogP contribution < -0.4 is 5.32 Å². The summed E-state index contributed by atoms with van der Waals surface area (Å²) < 4.78 is 10.4. The van der Waals surface area contributed by atoms with Crippen molar-refractivity contribution >= 4 is 23.7 Å². The van der Waals surface area contributed by atoms with E-state index in [4.69, 9.17) is 21.1 Å². The smallest absolute Gasteiger partial charge is 0.407 e. The minimum Gasteiger partial charge on any atom is -0.466 e. The van der Waals surface area contributed by atoms with Gasteiger partial charge in [-0.1, -0.05) is 11.6 Å². The van der Waals surface area contributed by atoms with Crippen LogP contribution in [0.2, 0.25) is 5.15 Å². The van der Waals surface area contributed by atoms with Crippen LogP contribution in [0.1, 0.15) is 38.2 Å². The molecule has 1 aromatic rings. The molecule has 1 aliphatic carbocycles. The number of ether oxygens (including phenoxy) is 2. The molecule has 0 atom stereocenters. The topological polar surface area (TPSA) is 77.5 Å². The maximum atomic E-state index is 11.8. The van der Waals surface area contributed by atoms with Crippen LogP contribution in [-0.4, -0.2) is 29.8 Å². The zero-order valence-electron chi connectivity index (χ0n) is 13.1. The van der Waals surface area contributed by atoms with E-state index >= 15 is 0 Å². The lowest BCUT2D eigenvalue weighted by atomic mass is 9.88. The van der Waals surface area contributed by atoms with Crippen LogP contribution in [0.5, 0.6) is 0 Å². The average Bonchev–Trinajstić information content (AvgIpc) is 2.52. The third-order valence-electron chi connectivity index (χ3n) is 3.82. The van der Waals surface area contributed by atoms with Gasteiger partial charge in [-0.3, -0.25) is 4.79 Å². The van der Waals surface area contributed by atoms with Crippen LogP contribution in [0.15, 0.2) is 18.3 Å². The van der Waals surface area contributed by atoms with E-state index in [2.05, 4.69) is 10.3 Å². The predicted octanol–water partition coefficient (Wildman–Crippen LogP) is 3.08. The summed E-state index contributed by atoms with van der Waals surface area (Å²) in [5, 5.41) is 3.10. The van der Waals surface area contributed by atoms with Crippen molar-refractivity contribution in [2.75, 3.05) is 6.61 Å². The zero-order chi connectivity index (χ0) is 16.7. The highest BCUT2D eigenvalue weighted by atomic mass is 35.5. The molecule has 2 rings (SSSR count). The summed E-state index contributed by atoms with van der Waals surface area (Å²) in [6.07, 6.45) is 4.46. The number of carbonyl (C=O) groups is 2. The third-order valence-corrected chi connectivity index (χ3v) is 4.02. The second-order valence-electron chi connectivity index (χ2n) is 5.69. The Kier molecular flexibility index (Phi) is 6.65. The van der Waals surface area contributed by atoms with E-state index < -0.39 is 6.09 Å². The highest BCUT2D eigenvalue weighted by Gasteiger charge is 2.24. The van der Waals surface area contributed by atoms with Gasteiger partial charge in [-0.2, -0.15) is 0 Å². The predicted molar refractivity (Wildman–Crippen MR) is 84.9 cm³/mol. The van der Waals surface area contributed by atoms with Gasteiger partial charge in [-0.05, 0) is 49.3 Å². The van der Waals surface area contributed by atoms with E-state index in [1.165, 1.54) is 6.92 Å². The number of pyridine rings is 1. The Morgan fingerprint density at radius 1 is 1.35 bits per heavy atom. The van der Waals surface area contributed by atoms with Gasteiger partial charge in [0.2, 0.25) is 0 Å². The fourth-order valence-electron chi connectivity index (χ4n) is 2.57. The van der Waals surface area contributed by atoms with Gasteiger partial charge in [0.1, 0.15) is 11.3 Å². The molecule has 1 heterocycles. The number of halogens is 1. The summed E-state index contributed by atoms with van der Waals surface area (Å²) in [4.78, 5) is 26.5. The average molecular weight is 341 g/mol. The second kappa shape index (κ2) is 8.72. The van der Waals surface area contributed by atoms with Crippen molar-refractivity contribution in [1.29, 1.82) is 0 Å². The Bertz CT molecular complexity index is 545. The maximum Gasteiger partial charge on any atom is 0.407 e. The number of carbonyl (C=O) groups excluding carboxylic acids is 2. The fourth-order valence-corrected chi connectivity index (χ4v) is 2.77. The molecule has 23 heavy (non-hydrogen) atoms. The number of nitrogens with one attached hydrogen (secondary N) is 1. The van der Waals surface area contributed by atoms with Crippen molar-refractivity contribution in [3.63, 3.8) is 0 Å². The number of hydrogen-bond donors (Lipinski definition) is 1. The van der Waals surface area contributed by atoms with Gasteiger partial charge >= 0.3 is 12.1 Å². The second-order valence-corrected chi connectivity index (χ2v) is 6.08. The molecule has 0 aromatic carbocycles. The number of aromatic nitrogens is 1. The summed E-state index contributed by atoms with van der Waals surface area (Å²) in [6, 6.07) is 3.48. The first-order valence-corrected chi connectivity index (χ1v) is 8.09. The molecular formula is C16H21ClN2O4. The van der Waals surface area contributed by atoms with Gasteiger partial charge in [0, 0.05) is 19.7 Å². The van der Waals surface area contributed by atoms with Crippen molar-refractivity contribution in [2.45, 2.75) is 45.3 Å². The van der Waals surface area contributed by atoms with Crippen LogP contribution in [0.3, 0.4) is 0 Å². The van der Waals surface area contributed by atoms with Crippen molar-refractivity contribution in [3.05, 3.63) is 29.0 Å². The quantitative estimate of drug-likeness (QED) is 0.658. The monoisotopic (exact) mass is 340 g/mol. The Morgan fingerprint density at radius 2 is 2.09 bits per heavy atom. The van der Waals surface area contributed by atoms with Crippen molar-refractivity contribution in [3.8, 4) is 0 Å². The molecule has 126 valence electrons. The van der Waals surface area contributed by atoms with Gasteiger partial charge in [-0.25, -0.2) is 9.78 Å². The molecule has 1 aromatic heterocycles. The first-order chi connectivity index (χ1) is 11.0. The molecule has 0 radical (unpaired) electrons. The van der Waals surface area contributed by atoms with Crippen LogP contribution in [0.4, 0.5) is 4.79 Å². The van der Waals surface area contributed by atoms with Gasteiger partial charge in [0.05, 0.1) is 6.61 Å². The first kappa shape index (κ1) is 17.5. The molecule has 1 N–H and O–H groups in total. The van der Waals surface area contributed by atoms with Crippen molar-refractivity contribution in [2.24, 2.45) is 5.92 Å². The van der Waals surface area contributed by atoms with Crippen molar-refractivity contribution < 1.29 is 19.1 Å². The lowest BCUT2D eigenvalue weighted by Crippen LogP contribution is -2.31. The van der Waals surface area contributed by atoms with Gasteiger partial charge in [0.25, 0.3) is 0 Å². The Labute approximate surface area is 140 Å². The molecule has 6 nitrogen and oxygen atoms in total. The number of hydrogen-bond acceptors (Lipinski definition) is 5. The molecule has 0 saturated heterocycles. The summed E-state index contributed by atoms with van der Waals surface area (Å²) in [7, 11) is 0. The highest BCUT2D eigenvalue weighted by Crippen LogP contribution is 2.26. The lowest BCUT2D eigenvalue weighted by Gasteiger charge is -2.27. The molecule has 0 spiro atoms. The first-order valence-electron chi connectivity index (χ1n) is 7.71. The Hall–Kier alpha value is -1.82. The van der Waals surface area contributed by atoms with Crippen LogP contribution in [-0.2, 0) is 20.8 Å². The van der Waals surface area contributed by atoms with Crippen molar-refractivity contribution in [1.82, 2.24) is 10.3 Å². The molecule has 1 saturated carbocycles. The minimum atomic E-state index is -0.429. The number of amides is 1. The molecule has 1 fully saturated rings. The fraction of sp³-hybridized carbons (Fsp3) is 0.562. The summed E-state index contributed by atoms with van der Waals surface area (Å²) in [5.74, 6) is 0.111. The number of nitrogens with zero attached hydrogens (tertiary/aromatic N) is 1. The maximum absolute atomic E-state index is 11.8. The number of esters is 1. The van der Waals surface area contributed by atoms with E-state index in [1.807, 2.05) is 0 Å². The summed E-state index contributed by atoms with van der Waals surface area (Å²) in [6.45, 7) is 2.22. The van der Waals surface area contributed by atoms with Crippen LogP contribution in [0.25, 0.3) is 0 Å². The SMILES string of the molecule is CC(=O)OCC1CCC(OC(=O)NCc2ccnc(Cl)c2)CC1. The summed E-state index contributed by atoms with van der Waals surface area (Å²) in [5.41, 5.74) is 0.868. The minimum absolute atomic E-state index is 0.0791. The number of alkyl carbamates (subject to hydrolysis) is 1. The molecule has 0 aliphatic heterocycles. The van der Waals surface area contributed by atoms with Gasteiger partial charge in [0.15, 0.2) is 0 Å². The van der Waals surface area contributed by atoms with Gasteiger partial charge < -0.3 is 14.8 Å². The zero-order valence-corrected chi connectivity index (χ0v) is 13.8. The summed E-state index contributed by atoms with van der Waals surface area (Å²) >= 11 is 5.79. The Balaban J connectivity index is 1.65. The van der Waals surface area contributed by atoms with E-state index in [0.717, 1.165) is 31.2 Å². The standard InChI is InChI=1S/C16H21ClN2O4/c1-11(20)22-10-12-2-4-14(5-3-12)23-16(21)19-9-13-6-7-18-15(17)8-13/h6-8,12,14H,2-5,9-10H2,1H3,(H,19,21). The normalized spacial score (nSPS) is 20.6. The molecule has 0 bridgehead atoms. The van der Waals surface area contributed by atoms with E-state index in [-0.39, 0.29) is 12.1 Å². The Morgan fingerprint density at radius 3 is 2.74 bits per heavy atom. The highest BCUT2D eigenvalue weighted by molar-refractivity contribution is 6.29. The molecule has 7 heteroatoms. The number of rotatable bonds is 5. The van der Waals surface area contributed by atoms with Crippen LogP contribution >= 0.6 is 11.6 Å². The van der Waals surface area contributed by atoms with E-state index in [9.17, 15) is 9.59 Å². The molecule has 1 aliphatic rings. The third kappa shape index (κ3) is 6.44. The molecule has 0 unspecified atom stereocenters. The largest absolute Gasteiger partial charge is 0.466 e. The molecule has 1 amide bonds. The molecular weight excluding hydrogens is 320 g/mol. The van der Waals surface area contributed by atoms with Crippen LogP contribution in [0, 0.1) is 5.92 Å².